The molecule has 3 aromatic rings. The van der Waals surface area contributed by atoms with E-state index in [0.29, 0.717) is 24.7 Å². The molecule has 7 heteroatoms. The Morgan fingerprint density at radius 1 is 1.06 bits per heavy atom. The van der Waals surface area contributed by atoms with E-state index < -0.39 is 0 Å². The van der Waals surface area contributed by atoms with Crippen molar-refractivity contribution in [3.05, 3.63) is 65.0 Å². The molecule has 1 aromatic heterocycles. The summed E-state index contributed by atoms with van der Waals surface area (Å²) in [6, 6.07) is 16.2. The zero-order valence-electron chi connectivity index (χ0n) is 19.2. The summed E-state index contributed by atoms with van der Waals surface area (Å²) >= 11 is 1.43. The van der Waals surface area contributed by atoms with Crippen molar-refractivity contribution >= 4 is 28.3 Å². The van der Waals surface area contributed by atoms with Crippen LogP contribution in [0.15, 0.2) is 53.9 Å². The summed E-state index contributed by atoms with van der Waals surface area (Å²) in [5, 5.41) is 8.28. The summed E-state index contributed by atoms with van der Waals surface area (Å²) in [6.45, 7) is 4.85. The smallest absolute Gasteiger partial charge is 0.226 e. The standard InChI is InChI=1S/C26H31N3O3S/c1-19-7-5-9-23(17-19)32-16-4-3-10-25(31)29-26-28-24(18-33-26)22-13-11-21(12-14-22)8-6-15-27-20(2)30/h5,7,9,11-14,17-18H,3-4,6,8,10,15-16H2,1-2H3,(H,27,30)(H,28,29,31). The number of nitrogens with zero attached hydrogens (tertiary/aromatic N) is 1. The van der Waals surface area contributed by atoms with E-state index in [2.05, 4.69) is 27.8 Å². The molecule has 0 unspecified atom stereocenters. The van der Waals surface area contributed by atoms with Gasteiger partial charge in [0, 0.05) is 30.8 Å². The lowest BCUT2D eigenvalue weighted by molar-refractivity contribution is -0.119. The van der Waals surface area contributed by atoms with Crippen LogP contribution < -0.4 is 15.4 Å². The molecule has 2 aromatic carbocycles. The molecule has 6 nitrogen and oxygen atoms in total. The van der Waals surface area contributed by atoms with E-state index in [1.54, 1.807) is 0 Å². The molecular formula is C26H31N3O3S. The van der Waals surface area contributed by atoms with Gasteiger partial charge in [-0.1, -0.05) is 36.4 Å². The van der Waals surface area contributed by atoms with Crippen molar-refractivity contribution in [2.24, 2.45) is 0 Å². The van der Waals surface area contributed by atoms with Crippen LogP contribution in [0.2, 0.25) is 0 Å². The second-order valence-electron chi connectivity index (χ2n) is 7.99. The van der Waals surface area contributed by atoms with Gasteiger partial charge in [-0.3, -0.25) is 9.59 Å². The van der Waals surface area contributed by atoms with E-state index in [9.17, 15) is 9.59 Å². The summed E-state index contributed by atoms with van der Waals surface area (Å²) in [5.41, 5.74) is 4.26. The fourth-order valence-electron chi connectivity index (χ4n) is 3.33. The van der Waals surface area contributed by atoms with Crippen molar-refractivity contribution in [1.29, 1.82) is 0 Å². The van der Waals surface area contributed by atoms with Gasteiger partial charge in [0.05, 0.1) is 12.3 Å². The highest BCUT2D eigenvalue weighted by molar-refractivity contribution is 7.14. The molecule has 2 amide bonds. The summed E-state index contributed by atoms with van der Waals surface area (Å²) in [5.74, 6) is 0.845. The minimum absolute atomic E-state index is 0.00362. The molecule has 2 N–H and O–H groups in total. The number of hydrogen-bond acceptors (Lipinski definition) is 5. The van der Waals surface area contributed by atoms with E-state index in [-0.39, 0.29) is 11.8 Å². The molecule has 3 rings (SSSR count). The maximum absolute atomic E-state index is 12.2. The van der Waals surface area contributed by atoms with Gasteiger partial charge in [-0.05, 0) is 55.9 Å². The quantitative estimate of drug-likeness (QED) is 0.352. The lowest BCUT2D eigenvalue weighted by atomic mass is 10.1. The van der Waals surface area contributed by atoms with Gasteiger partial charge in [0.1, 0.15) is 5.75 Å². The molecule has 0 fully saturated rings. The first kappa shape index (κ1) is 24.5. The number of carbonyl (C=O) groups is 2. The molecule has 0 aliphatic carbocycles. The summed E-state index contributed by atoms with van der Waals surface area (Å²) < 4.78 is 5.73. The maximum Gasteiger partial charge on any atom is 0.226 e. The van der Waals surface area contributed by atoms with Crippen LogP contribution in [0.25, 0.3) is 11.3 Å². The van der Waals surface area contributed by atoms with Crippen molar-refractivity contribution in [2.45, 2.75) is 46.0 Å². The molecule has 0 saturated heterocycles. The van der Waals surface area contributed by atoms with Crippen molar-refractivity contribution in [3.63, 3.8) is 0 Å². The normalized spacial score (nSPS) is 10.6. The molecule has 0 radical (unpaired) electrons. The van der Waals surface area contributed by atoms with Crippen LogP contribution in [0.3, 0.4) is 0 Å². The van der Waals surface area contributed by atoms with E-state index in [1.165, 1.54) is 29.4 Å². The number of hydrogen-bond donors (Lipinski definition) is 2. The number of amides is 2. The highest BCUT2D eigenvalue weighted by atomic mass is 32.1. The predicted octanol–water partition coefficient (Wildman–Crippen LogP) is 5.38. The Kier molecular flexibility index (Phi) is 9.44. The maximum atomic E-state index is 12.2. The Morgan fingerprint density at radius 2 is 1.88 bits per heavy atom. The molecule has 174 valence electrons. The number of unbranched alkanes of at least 4 members (excludes halogenated alkanes) is 1. The molecule has 0 spiro atoms. The van der Waals surface area contributed by atoms with Crippen LogP contribution in [0.5, 0.6) is 5.75 Å². The minimum atomic E-state index is -0.0269. The van der Waals surface area contributed by atoms with Gasteiger partial charge < -0.3 is 15.4 Å². The number of benzene rings is 2. The zero-order valence-corrected chi connectivity index (χ0v) is 20.0. The number of anilines is 1. The molecule has 0 atom stereocenters. The summed E-state index contributed by atoms with van der Waals surface area (Å²) in [4.78, 5) is 27.7. The Balaban J connectivity index is 1.37. The average molecular weight is 466 g/mol. The van der Waals surface area contributed by atoms with Gasteiger partial charge in [0.2, 0.25) is 11.8 Å². The molecular weight excluding hydrogens is 434 g/mol. The van der Waals surface area contributed by atoms with Gasteiger partial charge in [0.25, 0.3) is 0 Å². The van der Waals surface area contributed by atoms with E-state index >= 15 is 0 Å². The summed E-state index contributed by atoms with van der Waals surface area (Å²) in [6.07, 6.45) is 3.85. The first-order chi connectivity index (χ1) is 16.0. The van der Waals surface area contributed by atoms with Crippen LogP contribution >= 0.6 is 11.3 Å². The molecule has 33 heavy (non-hydrogen) atoms. The first-order valence-corrected chi connectivity index (χ1v) is 12.2. The molecule has 0 aliphatic heterocycles. The molecule has 0 aliphatic rings. The number of thiazole rings is 1. The number of ether oxygens (including phenoxy) is 1. The number of nitrogens with one attached hydrogen (secondary N) is 2. The van der Waals surface area contributed by atoms with E-state index in [0.717, 1.165) is 42.7 Å². The number of aryl methyl sites for hydroxylation is 2. The lowest BCUT2D eigenvalue weighted by Crippen LogP contribution is -2.21. The SMILES string of the molecule is CC(=O)NCCCc1ccc(-c2csc(NC(=O)CCCCOc3cccc(C)c3)n2)cc1. The van der Waals surface area contributed by atoms with Crippen LogP contribution in [0, 0.1) is 6.92 Å². The zero-order chi connectivity index (χ0) is 23.5. The van der Waals surface area contributed by atoms with Crippen molar-refractivity contribution < 1.29 is 14.3 Å². The van der Waals surface area contributed by atoms with Crippen molar-refractivity contribution in [1.82, 2.24) is 10.3 Å². The van der Waals surface area contributed by atoms with Crippen LogP contribution in [-0.2, 0) is 16.0 Å². The second-order valence-corrected chi connectivity index (χ2v) is 8.85. The van der Waals surface area contributed by atoms with Crippen LogP contribution in [0.1, 0.15) is 43.7 Å². The molecule has 0 bridgehead atoms. The van der Waals surface area contributed by atoms with Crippen molar-refractivity contribution in [3.8, 4) is 17.0 Å². The fraction of sp³-hybridized carbons (Fsp3) is 0.346. The number of carbonyl (C=O) groups excluding carboxylic acids is 2. The Morgan fingerprint density at radius 3 is 2.64 bits per heavy atom. The fourth-order valence-corrected chi connectivity index (χ4v) is 4.06. The topological polar surface area (TPSA) is 80.3 Å². The monoisotopic (exact) mass is 465 g/mol. The van der Waals surface area contributed by atoms with Crippen LogP contribution in [0.4, 0.5) is 5.13 Å². The summed E-state index contributed by atoms with van der Waals surface area (Å²) in [7, 11) is 0. The largest absolute Gasteiger partial charge is 0.494 e. The van der Waals surface area contributed by atoms with Gasteiger partial charge in [-0.15, -0.1) is 11.3 Å². The van der Waals surface area contributed by atoms with E-state index in [1.807, 2.05) is 48.7 Å². The third-order valence-corrected chi connectivity index (χ3v) is 5.83. The third kappa shape index (κ3) is 8.69. The Bertz CT molecular complexity index is 1050. The highest BCUT2D eigenvalue weighted by Gasteiger charge is 2.08. The van der Waals surface area contributed by atoms with Gasteiger partial charge in [0.15, 0.2) is 5.13 Å². The second kappa shape index (κ2) is 12.7. The highest BCUT2D eigenvalue weighted by Crippen LogP contribution is 2.25. The Hall–Kier alpha value is -3.19. The van der Waals surface area contributed by atoms with Crippen LogP contribution in [-0.4, -0.2) is 29.9 Å². The number of aromatic nitrogens is 1. The van der Waals surface area contributed by atoms with Crippen molar-refractivity contribution in [2.75, 3.05) is 18.5 Å². The van der Waals surface area contributed by atoms with Gasteiger partial charge in [-0.25, -0.2) is 4.98 Å². The predicted molar refractivity (Wildman–Crippen MR) is 134 cm³/mol. The lowest BCUT2D eigenvalue weighted by Gasteiger charge is -2.06. The Labute approximate surface area is 199 Å². The van der Waals surface area contributed by atoms with Gasteiger partial charge >= 0.3 is 0 Å². The first-order valence-electron chi connectivity index (χ1n) is 11.3. The van der Waals surface area contributed by atoms with E-state index in [4.69, 9.17) is 4.74 Å². The molecule has 0 saturated carbocycles. The molecule has 1 heterocycles. The number of rotatable bonds is 12. The third-order valence-electron chi connectivity index (χ3n) is 5.07. The minimum Gasteiger partial charge on any atom is -0.494 e. The van der Waals surface area contributed by atoms with Gasteiger partial charge in [-0.2, -0.15) is 0 Å². The average Bonchev–Trinajstić information content (AvgIpc) is 3.25.